The molecule has 0 amide bonds. The van der Waals surface area contributed by atoms with Crippen LogP contribution in [0.25, 0.3) is 0 Å². The molecule has 0 aromatic heterocycles. The third-order valence-corrected chi connectivity index (χ3v) is 3.93. The Labute approximate surface area is 108 Å². The molecule has 0 bridgehead atoms. The highest BCUT2D eigenvalue weighted by molar-refractivity contribution is 6.30. The second-order valence-corrected chi connectivity index (χ2v) is 5.54. The summed E-state index contributed by atoms with van der Waals surface area (Å²) in [5.74, 6) is -0.340. The Hall–Kier alpha value is -0.600. The number of rotatable bonds is 5. The molecule has 0 aliphatic rings. The van der Waals surface area contributed by atoms with Crippen LogP contribution >= 0.6 is 11.6 Å². The largest absolute Gasteiger partial charge is 0.316 e. The van der Waals surface area contributed by atoms with Crippen LogP contribution in [-0.4, -0.2) is 13.1 Å². The summed E-state index contributed by atoms with van der Waals surface area (Å²) < 4.78 is 13.4. The van der Waals surface area contributed by atoms with Gasteiger partial charge in [-0.25, -0.2) is 4.39 Å². The molecule has 0 saturated heterocycles. The highest BCUT2D eigenvalue weighted by Gasteiger charge is 2.26. The van der Waals surface area contributed by atoms with E-state index in [1.807, 2.05) is 13.1 Å². The Morgan fingerprint density at radius 3 is 2.53 bits per heavy atom. The molecule has 3 heteroatoms. The van der Waals surface area contributed by atoms with E-state index in [1.165, 1.54) is 6.07 Å². The van der Waals surface area contributed by atoms with Crippen LogP contribution in [0.1, 0.15) is 32.8 Å². The van der Waals surface area contributed by atoms with Gasteiger partial charge >= 0.3 is 0 Å². The summed E-state index contributed by atoms with van der Waals surface area (Å²) in [6.07, 6.45) is 1.89. The summed E-state index contributed by atoms with van der Waals surface area (Å²) in [4.78, 5) is 0. The van der Waals surface area contributed by atoms with Crippen LogP contribution in [0.2, 0.25) is 5.02 Å². The van der Waals surface area contributed by atoms with Crippen LogP contribution < -0.4 is 5.32 Å². The third kappa shape index (κ3) is 3.68. The molecule has 1 unspecified atom stereocenters. The van der Waals surface area contributed by atoms with Crippen molar-refractivity contribution in [1.29, 1.82) is 0 Å². The molecule has 0 fully saturated rings. The normalized spacial score (nSPS) is 13.8. The first-order chi connectivity index (χ1) is 7.90. The number of halogens is 2. The van der Waals surface area contributed by atoms with Crippen LogP contribution in [-0.2, 0) is 6.42 Å². The maximum atomic E-state index is 13.4. The van der Waals surface area contributed by atoms with Crippen molar-refractivity contribution in [2.75, 3.05) is 7.05 Å². The van der Waals surface area contributed by atoms with Gasteiger partial charge in [-0.3, -0.25) is 0 Å². The van der Waals surface area contributed by atoms with E-state index in [9.17, 15) is 4.39 Å². The summed E-state index contributed by atoms with van der Waals surface area (Å²) >= 11 is 5.68. The van der Waals surface area contributed by atoms with Gasteiger partial charge in [0.2, 0.25) is 0 Å². The summed E-state index contributed by atoms with van der Waals surface area (Å²) in [6.45, 7) is 6.62. The zero-order valence-corrected chi connectivity index (χ0v) is 11.7. The molecular formula is C14H21ClFN. The van der Waals surface area contributed by atoms with Gasteiger partial charge in [-0.15, -0.1) is 0 Å². The van der Waals surface area contributed by atoms with Crippen molar-refractivity contribution < 1.29 is 4.39 Å². The van der Waals surface area contributed by atoms with Gasteiger partial charge in [0.15, 0.2) is 0 Å². The Kier molecular flexibility index (Phi) is 4.96. The first kappa shape index (κ1) is 14.5. The van der Waals surface area contributed by atoms with Gasteiger partial charge < -0.3 is 5.32 Å². The van der Waals surface area contributed by atoms with E-state index in [-0.39, 0.29) is 16.3 Å². The average Bonchev–Trinajstić information content (AvgIpc) is 2.30. The van der Waals surface area contributed by atoms with Crippen molar-refractivity contribution in [2.24, 2.45) is 5.41 Å². The number of benzene rings is 1. The zero-order chi connectivity index (χ0) is 13.1. The Morgan fingerprint density at radius 1 is 1.41 bits per heavy atom. The lowest BCUT2D eigenvalue weighted by atomic mass is 9.79. The van der Waals surface area contributed by atoms with Crippen molar-refractivity contribution in [1.82, 2.24) is 5.32 Å². The van der Waals surface area contributed by atoms with Crippen LogP contribution in [0.4, 0.5) is 4.39 Å². The molecule has 0 aliphatic heterocycles. The van der Waals surface area contributed by atoms with E-state index in [1.54, 1.807) is 6.07 Å². The second kappa shape index (κ2) is 5.83. The van der Waals surface area contributed by atoms with Gasteiger partial charge in [0, 0.05) is 6.04 Å². The van der Waals surface area contributed by atoms with Crippen LogP contribution in [0.3, 0.4) is 0 Å². The van der Waals surface area contributed by atoms with Crippen molar-refractivity contribution in [3.63, 3.8) is 0 Å². The molecule has 17 heavy (non-hydrogen) atoms. The predicted molar refractivity (Wildman–Crippen MR) is 72.0 cm³/mol. The highest BCUT2D eigenvalue weighted by Crippen LogP contribution is 2.27. The lowest BCUT2D eigenvalue weighted by Gasteiger charge is -2.33. The predicted octanol–water partition coefficient (Wildman–Crippen LogP) is 4.05. The molecule has 0 spiro atoms. The van der Waals surface area contributed by atoms with Crippen molar-refractivity contribution >= 4 is 11.6 Å². The van der Waals surface area contributed by atoms with Crippen molar-refractivity contribution in [3.8, 4) is 0 Å². The summed E-state index contributed by atoms with van der Waals surface area (Å²) in [6, 6.07) is 5.37. The molecule has 1 N–H and O–H groups in total. The smallest absolute Gasteiger partial charge is 0.142 e. The lowest BCUT2D eigenvalue weighted by Crippen LogP contribution is -2.41. The Morgan fingerprint density at radius 2 is 2.06 bits per heavy atom. The van der Waals surface area contributed by atoms with E-state index in [4.69, 9.17) is 11.6 Å². The van der Waals surface area contributed by atoms with E-state index in [0.717, 1.165) is 18.4 Å². The van der Waals surface area contributed by atoms with Crippen molar-refractivity contribution in [3.05, 3.63) is 34.6 Å². The van der Waals surface area contributed by atoms with Crippen molar-refractivity contribution in [2.45, 2.75) is 39.7 Å². The van der Waals surface area contributed by atoms with Crippen LogP contribution in [0, 0.1) is 11.2 Å². The van der Waals surface area contributed by atoms with Gasteiger partial charge in [0.25, 0.3) is 0 Å². The number of likely N-dealkylation sites (N-methyl/N-ethyl adjacent to an activating group) is 1. The molecule has 1 rings (SSSR count). The van der Waals surface area contributed by atoms with E-state index in [2.05, 4.69) is 26.1 Å². The minimum absolute atomic E-state index is 0.185. The monoisotopic (exact) mass is 257 g/mol. The topological polar surface area (TPSA) is 12.0 Å². The van der Waals surface area contributed by atoms with Gasteiger partial charge in [0.1, 0.15) is 5.82 Å². The fourth-order valence-corrected chi connectivity index (χ4v) is 2.04. The summed E-state index contributed by atoms with van der Waals surface area (Å²) in [5, 5.41) is 3.51. The fraction of sp³-hybridized carbons (Fsp3) is 0.571. The Bertz CT molecular complexity index is 376. The van der Waals surface area contributed by atoms with Crippen LogP contribution in [0.5, 0.6) is 0 Å². The first-order valence-electron chi connectivity index (χ1n) is 6.02. The minimum Gasteiger partial charge on any atom is -0.316 e. The zero-order valence-electron chi connectivity index (χ0n) is 11.0. The second-order valence-electron chi connectivity index (χ2n) is 5.14. The molecule has 1 nitrogen and oxygen atoms in total. The van der Waals surface area contributed by atoms with E-state index in [0.29, 0.717) is 6.04 Å². The van der Waals surface area contributed by atoms with E-state index < -0.39 is 0 Å². The molecule has 96 valence electrons. The van der Waals surface area contributed by atoms with Gasteiger partial charge in [-0.05, 0) is 43.0 Å². The third-order valence-electron chi connectivity index (χ3n) is 3.63. The van der Waals surface area contributed by atoms with Gasteiger partial charge in [0.05, 0.1) is 5.02 Å². The van der Waals surface area contributed by atoms with Crippen LogP contribution in [0.15, 0.2) is 18.2 Å². The molecule has 0 aliphatic carbocycles. The first-order valence-corrected chi connectivity index (χ1v) is 6.39. The maximum absolute atomic E-state index is 13.4. The Balaban J connectivity index is 2.84. The molecule has 1 aromatic carbocycles. The SMILES string of the molecule is CCC(C)(C)C(Cc1ccc(Cl)c(F)c1)NC. The minimum atomic E-state index is -0.340. The van der Waals surface area contributed by atoms with Gasteiger partial charge in [-0.1, -0.05) is 38.4 Å². The number of hydrogen-bond donors (Lipinski definition) is 1. The quantitative estimate of drug-likeness (QED) is 0.839. The number of nitrogens with one attached hydrogen (secondary N) is 1. The number of hydrogen-bond acceptors (Lipinski definition) is 1. The molecule has 0 heterocycles. The summed E-state index contributed by atoms with van der Waals surface area (Å²) in [5.41, 5.74) is 1.16. The standard InChI is InChI=1S/C14H21ClFN/c1-5-14(2,3)13(17-4)9-10-6-7-11(15)12(16)8-10/h6-8,13,17H,5,9H2,1-4H3. The summed E-state index contributed by atoms with van der Waals surface area (Å²) in [7, 11) is 1.95. The molecule has 0 saturated carbocycles. The van der Waals surface area contributed by atoms with E-state index >= 15 is 0 Å². The molecule has 1 atom stereocenters. The lowest BCUT2D eigenvalue weighted by molar-refractivity contribution is 0.240. The highest BCUT2D eigenvalue weighted by atomic mass is 35.5. The average molecular weight is 258 g/mol. The molecular weight excluding hydrogens is 237 g/mol. The van der Waals surface area contributed by atoms with Gasteiger partial charge in [-0.2, -0.15) is 0 Å². The molecule has 0 radical (unpaired) electrons. The molecule has 1 aromatic rings. The maximum Gasteiger partial charge on any atom is 0.142 e. The fourth-order valence-electron chi connectivity index (χ4n) is 1.92.